The van der Waals surface area contributed by atoms with Crippen molar-refractivity contribution in [1.82, 2.24) is 15.0 Å². The first-order chi connectivity index (χ1) is 10.3. The third-order valence-electron chi connectivity index (χ3n) is 4.06. The van der Waals surface area contributed by atoms with Gasteiger partial charge >= 0.3 is 0 Å². The van der Waals surface area contributed by atoms with Gasteiger partial charge in [0, 0.05) is 24.3 Å². The molecule has 1 N–H and O–H groups in total. The molecule has 1 aliphatic rings. The van der Waals surface area contributed by atoms with Crippen LogP contribution in [0.15, 0.2) is 36.4 Å². The van der Waals surface area contributed by atoms with Gasteiger partial charge in [0.2, 0.25) is 0 Å². The van der Waals surface area contributed by atoms with Gasteiger partial charge in [-0.05, 0) is 25.8 Å². The molecule has 2 aromatic heterocycles. The SMILES string of the molecule is Cc1cc(N2CCCC2)c2[nH]c(-c3ccccc3)nc2n1. The fourth-order valence-corrected chi connectivity index (χ4v) is 3.03. The van der Waals surface area contributed by atoms with Gasteiger partial charge in [-0.2, -0.15) is 0 Å². The molecule has 3 heterocycles. The van der Waals surface area contributed by atoms with Gasteiger partial charge < -0.3 is 9.88 Å². The highest BCUT2D eigenvalue weighted by molar-refractivity contribution is 5.88. The van der Waals surface area contributed by atoms with Crippen LogP contribution in [0.2, 0.25) is 0 Å². The monoisotopic (exact) mass is 278 g/mol. The molecular weight excluding hydrogens is 260 g/mol. The van der Waals surface area contributed by atoms with Gasteiger partial charge in [0.25, 0.3) is 0 Å². The fraction of sp³-hybridized carbons (Fsp3) is 0.294. The lowest BCUT2D eigenvalue weighted by molar-refractivity contribution is 0.949. The number of nitrogens with one attached hydrogen (secondary N) is 1. The first-order valence-electron chi connectivity index (χ1n) is 7.49. The van der Waals surface area contributed by atoms with E-state index in [2.05, 4.69) is 38.1 Å². The van der Waals surface area contributed by atoms with E-state index in [0.717, 1.165) is 41.3 Å². The molecule has 0 unspecified atom stereocenters. The topological polar surface area (TPSA) is 44.8 Å². The Labute approximate surface area is 123 Å². The first-order valence-corrected chi connectivity index (χ1v) is 7.49. The Kier molecular flexibility index (Phi) is 2.88. The molecule has 106 valence electrons. The molecule has 1 aliphatic heterocycles. The normalized spacial score (nSPS) is 15.0. The van der Waals surface area contributed by atoms with E-state index < -0.39 is 0 Å². The summed E-state index contributed by atoms with van der Waals surface area (Å²) in [6.45, 7) is 4.28. The van der Waals surface area contributed by atoms with Gasteiger partial charge in [0.05, 0.1) is 5.69 Å². The quantitative estimate of drug-likeness (QED) is 0.780. The summed E-state index contributed by atoms with van der Waals surface area (Å²) in [5.41, 5.74) is 5.23. The lowest BCUT2D eigenvalue weighted by atomic mass is 10.2. The van der Waals surface area contributed by atoms with Gasteiger partial charge in [0.15, 0.2) is 5.65 Å². The average molecular weight is 278 g/mol. The van der Waals surface area contributed by atoms with Crippen molar-refractivity contribution in [2.75, 3.05) is 18.0 Å². The van der Waals surface area contributed by atoms with Crippen LogP contribution in [0, 0.1) is 6.92 Å². The minimum absolute atomic E-state index is 0.816. The minimum atomic E-state index is 0.816. The molecule has 4 rings (SSSR count). The molecule has 0 radical (unpaired) electrons. The van der Waals surface area contributed by atoms with Crippen LogP contribution >= 0.6 is 0 Å². The van der Waals surface area contributed by atoms with Crippen LogP contribution in [0.4, 0.5) is 5.69 Å². The van der Waals surface area contributed by atoms with E-state index >= 15 is 0 Å². The van der Waals surface area contributed by atoms with Crippen LogP contribution in [-0.4, -0.2) is 28.0 Å². The predicted octanol–water partition coefficient (Wildman–Crippen LogP) is 3.53. The molecule has 0 bridgehead atoms. The molecule has 4 nitrogen and oxygen atoms in total. The van der Waals surface area contributed by atoms with Crippen LogP contribution in [0.1, 0.15) is 18.5 Å². The van der Waals surface area contributed by atoms with E-state index in [1.165, 1.54) is 18.5 Å². The van der Waals surface area contributed by atoms with Crippen LogP contribution < -0.4 is 4.90 Å². The summed E-state index contributed by atoms with van der Waals surface area (Å²) in [5, 5.41) is 0. The van der Waals surface area contributed by atoms with E-state index in [1.54, 1.807) is 0 Å². The zero-order valence-corrected chi connectivity index (χ0v) is 12.1. The molecular formula is C17H18N4. The predicted molar refractivity (Wildman–Crippen MR) is 85.5 cm³/mol. The molecule has 0 atom stereocenters. The number of aromatic amines is 1. The summed E-state index contributed by atoms with van der Waals surface area (Å²) in [6, 6.07) is 12.4. The van der Waals surface area contributed by atoms with Crippen molar-refractivity contribution in [3.05, 3.63) is 42.1 Å². The zero-order chi connectivity index (χ0) is 14.2. The molecule has 0 spiro atoms. The third kappa shape index (κ3) is 2.17. The molecule has 1 fully saturated rings. The van der Waals surface area contributed by atoms with Gasteiger partial charge in [-0.3, -0.25) is 0 Å². The van der Waals surface area contributed by atoms with Gasteiger partial charge in [0.1, 0.15) is 11.3 Å². The fourth-order valence-electron chi connectivity index (χ4n) is 3.03. The Morgan fingerprint density at radius 3 is 2.57 bits per heavy atom. The number of fused-ring (bicyclic) bond motifs is 1. The van der Waals surface area contributed by atoms with Crippen molar-refractivity contribution in [2.24, 2.45) is 0 Å². The molecule has 1 aromatic carbocycles. The number of pyridine rings is 1. The maximum Gasteiger partial charge on any atom is 0.180 e. The van der Waals surface area contributed by atoms with Crippen LogP contribution in [-0.2, 0) is 0 Å². The molecule has 3 aromatic rings. The standard InChI is InChI=1S/C17H18N4/c1-12-11-14(21-9-5-6-10-21)15-17(18-12)20-16(19-15)13-7-3-2-4-8-13/h2-4,7-8,11H,5-6,9-10H2,1H3,(H,18,19,20). The summed E-state index contributed by atoms with van der Waals surface area (Å²) in [6.07, 6.45) is 2.53. The van der Waals surface area contributed by atoms with Gasteiger partial charge in [-0.1, -0.05) is 30.3 Å². The largest absolute Gasteiger partial charge is 0.370 e. The highest BCUT2D eigenvalue weighted by atomic mass is 15.2. The van der Waals surface area contributed by atoms with E-state index in [-0.39, 0.29) is 0 Å². The van der Waals surface area contributed by atoms with Crippen molar-refractivity contribution in [1.29, 1.82) is 0 Å². The Morgan fingerprint density at radius 2 is 1.81 bits per heavy atom. The van der Waals surface area contributed by atoms with Crippen LogP contribution in [0.5, 0.6) is 0 Å². The van der Waals surface area contributed by atoms with Crippen molar-refractivity contribution in [3.63, 3.8) is 0 Å². The van der Waals surface area contributed by atoms with E-state index in [1.807, 2.05) is 25.1 Å². The minimum Gasteiger partial charge on any atom is -0.370 e. The third-order valence-corrected chi connectivity index (χ3v) is 4.06. The number of rotatable bonds is 2. The number of hydrogen-bond donors (Lipinski definition) is 1. The lowest BCUT2D eigenvalue weighted by Crippen LogP contribution is -2.18. The Bertz CT molecular complexity index is 770. The summed E-state index contributed by atoms with van der Waals surface area (Å²) in [7, 11) is 0. The van der Waals surface area contributed by atoms with Crippen LogP contribution in [0.25, 0.3) is 22.6 Å². The van der Waals surface area contributed by atoms with Crippen LogP contribution in [0.3, 0.4) is 0 Å². The molecule has 0 saturated carbocycles. The Morgan fingerprint density at radius 1 is 1.05 bits per heavy atom. The number of anilines is 1. The molecule has 0 aliphatic carbocycles. The van der Waals surface area contributed by atoms with Crippen molar-refractivity contribution >= 4 is 16.9 Å². The first kappa shape index (κ1) is 12.4. The maximum absolute atomic E-state index is 4.68. The maximum atomic E-state index is 4.68. The van der Waals surface area contributed by atoms with E-state index in [9.17, 15) is 0 Å². The second kappa shape index (κ2) is 4.88. The van der Waals surface area contributed by atoms with Crippen molar-refractivity contribution in [3.8, 4) is 11.4 Å². The smallest absolute Gasteiger partial charge is 0.180 e. The highest BCUT2D eigenvalue weighted by Gasteiger charge is 2.18. The highest BCUT2D eigenvalue weighted by Crippen LogP contribution is 2.30. The van der Waals surface area contributed by atoms with Crippen molar-refractivity contribution in [2.45, 2.75) is 19.8 Å². The van der Waals surface area contributed by atoms with E-state index in [0.29, 0.717) is 0 Å². The number of nitrogens with zero attached hydrogens (tertiary/aromatic N) is 3. The summed E-state index contributed by atoms with van der Waals surface area (Å²) in [4.78, 5) is 15.2. The number of hydrogen-bond acceptors (Lipinski definition) is 3. The second-order valence-electron chi connectivity index (χ2n) is 5.63. The average Bonchev–Trinajstić information content (AvgIpc) is 3.16. The molecule has 0 amide bonds. The summed E-state index contributed by atoms with van der Waals surface area (Å²) >= 11 is 0. The van der Waals surface area contributed by atoms with Gasteiger partial charge in [-0.15, -0.1) is 0 Å². The molecule has 21 heavy (non-hydrogen) atoms. The van der Waals surface area contributed by atoms with E-state index in [4.69, 9.17) is 0 Å². The van der Waals surface area contributed by atoms with Gasteiger partial charge in [-0.25, -0.2) is 9.97 Å². The number of H-pyrrole nitrogens is 1. The number of aryl methyl sites for hydroxylation is 1. The Balaban J connectivity index is 1.88. The number of imidazole rings is 1. The number of aromatic nitrogens is 3. The summed E-state index contributed by atoms with van der Waals surface area (Å²) < 4.78 is 0. The second-order valence-corrected chi connectivity index (χ2v) is 5.63. The number of benzene rings is 1. The zero-order valence-electron chi connectivity index (χ0n) is 12.1. The molecule has 4 heteroatoms. The Hall–Kier alpha value is -2.36. The van der Waals surface area contributed by atoms with Crippen molar-refractivity contribution < 1.29 is 0 Å². The summed E-state index contributed by atoms with van der Waals surface area (Å²) in [5.74, 6) is 0.893. The lowest BCUT2D eigenvalue weighted by Gasteiger charge is -2.18. The molecule has 1 saturated heterocycles.